The van der Waals surface area contributed by atoms with Gasteiger partial charge in [0.25, 0.3) is 0 Å². The Kier molecular flexibility index (Phi) is 3.94. The van der Waals surface area contributed by atoms with Crippen LogP contribution in [0.15, 0.2) is 35.5 Å². The van der Waals surface area contributed by atoms with Gasteiger partial charge in [0.05, 0.1) is 17.2 Å². The number of cyclic esters (lactones) is 1. The molecule has 3 heterocycles. The third-order valence-corrected chi connectivity index (χ3v) is 5.22. The van der Waals surface area contributed by atoms with Crippen LogP contribution in [0.5, 0.6) is 0 Å². The first-order valence-corrected chi connectivity index (χ1v) is 8.86. The van der Waals surface area contributed by atoms with Crippen molar-refractivity contribution in [2.24, 2.45) is 5.92 Å². The number of carbonyl (C=O) groups excluding carboxylic acids is 3. The van der Waals surface area contributed by atoms with Crippen molar-refractivity contribution in [1.29, 1.82) is 0 Å². The number of imide groups is 1. The molecule has 3 unspecified atom stereocenters. The minimum Gasteiger partial charge on any atom is -0.456 e. The van der Waals surface area contributed by atoms with Gasteiger partial charge in [-0.15, -0.1) is 0 Å². The molecule has 3 aliphatic rings. The molecule has 7 heteroatoms. The molecule has 3 amide bonds. The molecule has 2 N–H and O–H groups in total. The average molecular weight is 355 g/mol. The summed E-state index contributed by atoms with van der Waals surface area (Å²) in [4.78, 5) is 39.2. The molecule has 1 fully saturated rings. The molecule has 1 saturated heterocycles. The number of nitrogens with one attached hydrogen (secondary N) is 2. The van der Waals surface area contributed by atoms with Gasteiger partial charge in [0, 0.05) is 12.5 Å². The molecule has 4 rings (SSSR count). The molecular weight excluding hydrogens is 334 g/mol. The summed E-state index contributed by atoms with van der Waals surface area (Å²) in [5.41, 5.74) is 3.10. The number of aryl methyl sites for hydroxylation is 1. The van der Waals surface area contributed by atoms with E-state index >= 15 is 0 Å². The minimum atomic E-state index is -0.592. The van der Waals surface area contributed by atoms with Crippen molar-refractivity contribution in [2.75, 3.05) is 13.2 Å². The highest BCUT2D eigenvalue weighted by Gasteiger charge is 2.53. The van der Waals surface area contributed by atoms with Crippen LogP contribution in [0.1, 0.15) is 30.4 Å². The van der Waals surface area contributed by atoms with E-state index in [1.807, 2.05) is 38.1 Å². The fourth-order valence-corrected chi connectivity index (χ4v) is 4.15. The number of carbonyl (C=O) groups is 3. The van der Waals surface area contributed by atoms with E-state index in [2.05, 4.69) is 10.6 Å². The number of hydrogen-bond donors (Lipinski definition) is 2. The number of ether oxygens (including phenoxy) is 1. The van der Waals surface area contributed by atoms with E-state index in [4.69, 9.17) is 4.74 Å². The molecule has 1 aromatic carbocycles. The Labute approximate surface area is 151 Å². The summed E-state index contributed by atoms with van der Waals surface area (Å²) in [6, 6.07) is 7.39. The first-order valence-electron chi connectivity index (χ1n) is 8.86. The molecule has 0 spiro atoms. The predicted octanol–water partition coefficient (Wildman–Crippen LogP) is 1.40. The number of amides is 3. The Hall–Kier alpha value is -2.83. The van der Waals surface area contributed by atoms with Gasteiger partial charge in [0.2, 0.25) is 5.91 Å². The van der Waals surface area contributed by atoms with Crippen LogP contribution in [0.3, 0.4) is 0 Å². The van der Waals surface area contributed by atoms with Crippen LogP contribution < -0.4 is 10.6 Å². The third kappa shape index (κ3) is 2.46. The van der Waals surface area contributed by atoms with Crippen molar-refractivity contribution in [1.82, 2.24) is 15.5 Å². The zero-order valence-electron chi connectivity index (χ0n) is 14.7. The minimum absolute atomic E-state index is 0.148. The molecule has 0 aromatic heterocycles. The highest BCUT2D eigenvalue weighted by Crippen LogP contribution is 2.43. The summed E-state index contributed by atoms with van der Waals surface area (Å²) in [6.45, 7) is 4.62. The lowest BCUT2D eigenvalue weighted by Gasteiger charge is -2.46. The molecule has 3 atom stereocenters. The fourth-order valence-electron chi connectivity index (χ4n) is 4.15. The van der Waals surface area contributed by atoms with E-state index in [1.165, 1.54) is 0 Å². The Morgan fingerprint density at radius 2 is 2.08 bits per heavy atom. The van der Waals surface area contributed by atoms with Crippen LogP contribution in [-0.2, 0) is 14.3 Å². The van der Waals surface area contributed by atoms with Gasteiger partial charge >= 0.3 is 12.0 Å². The van der Waals surface area contributed by atoms with Gasteiger partial charge in [-0.05, 0) is 18.9 Å². The quantitative estimate of drug-likeness (QED) is 0.800. The van der Waals surface area contributed by atoms with Gasteiger partial charge in [0.15, 0.2) is 0 Å². The number of urea groups is 1. The van der Waals surface area contributed by atoms with Crippen molar-refractivity contribution in [3.63, 3.8) is 0 Å². The standard InChI is InChI=1S/C19H21N3O4/c1-3-7-22-16-15(17(23)21-19(22)25)13(11-6-4-5-10(2)8-11)14-12(20-16)9-26-18(14)24/h4-6,8,13,15-16,20H,3,7,9H2,1-2H3,(H,21,23,25). The lowest BCUT2D eigenvalue weighted by molar-refractivity contribution is -0.136. The molecule has 26 heavy (non-hydrogen) atoms. The second-order valence-corrected chi connectivity index (χ2v) is 6.96. The Morgan fingerprint density at radius 3 is 2.81 bits per heavy atom. The number of nitrogens with zero attached hydrogens (tertiary/aromatic N) is 1. The third-order valence-electron chi connectivity index (χ3n) is 5.22. The summed E-state index contributed by atoms with van der Waals surface area (Å²) in [7, 11) is 0. The number of esters is 1. The van der Waals surface area contributed by atoms with Crippen molar-refractivity contribution in [3.05, 3.63) is 46.7 Å². The van der Waals surface area contributed by atoms with Crippen molar-refractivity contribution in [2.45, 2.75) is 32.4 Å². The van der Waals surface area contributed by atoms with Crippen LogP contribution in [-0.4, -0.2) is 42.1 Å². The van der Waals surface area contributed by atoms with Gasteiger partial charge in [0.1, 0.15) is 12.8 Å². The molecule has 3 aliphatic heterocycles. The second kappa shape index (κ2) is 6.16. The summed E-state index contributed by atoms with van der Waals surface area (Å²) in [6.07, 6.45) is 0.276. The van der Waals surface area contributed by atoms with Crippen LogP contribution in [0.25, 0.3) is 0 Å². The van der Waals surface area contributed by atoms with Gasteiger partial charge in [-0.25, -0.2) is 9.59 Å². The molecule has 0 bridgehead atoms. The van der Waals surface area contributed by atoms with E-state index in [9.17, 15) is 14.4 Å². The normalized spacial score (nSPS) is 27.5. The van der Waals surface area contributed by atoms with Gasteiger partial charge < -0.3 is 15.0 Å². The highest BCUT2D eigenvalue weighted by molar-refractivity contribution is 6.02. The summed E-state index contributed by atoms with van der Waals surface area (Å²) in [5, 5.41) is 5.69. The lowest BCUT2D eigenvalue weighted by Crippen LogP contribution is -2.67. The van der Waals surface area contributed by atoms with Crippen molar-refractivity contribution < 1.29 is 19.1 Å². The van der Waals surface area contributed by atoms with Gasteiger partial charge in [-0.1, -0.05) is 36.8 Å². The number of benzene rings is 1. The molecule has 7 nitrogen and oxygen atoms in total. The van der Waals surface area contributed by atoms with Crippen LogP contribution in [0, 0.1) is 12.8 Å². The Morgan fingerprint density at radius 1 is 1.27 bits per heavy atom. The van der Waals surface area contributed by atoms with Crippen LogP contribution in [0.4, 0.5) is 4.79 Å². The summed E-state index contributed by atoms with van der Waals surface area (Å²) >= 11 is 0. The molecule has 1 aromatic rings. The smallest absolute Gasteiger partial charge is 0.336 e. The summed E-state index contributed by atoms with van der Waals surface area (Å²) in [5.74, 6) is -1.80. The fraction of sp³-hybridized carbons (Fsp3) is 0.421. The molecular formula is C19H21N3O4. The first-order chi connectivity index (χ1) is 12.5. The average Bonchev–Trinajstić information content (AvgIpc) is 2.98. The van der Waals surface area contributed by atoms with E-state index in [-0.39, 0.29) is 12.5 Å². The zero-order valence-corrected chi connectivity index (χ0v) is 14.7. The van der Waals surface area contributed by atoms with E-state index in [0.717, 1.165) is 17.5 Å². The van der Waals surface area contributed by atoms with Crippen LogP contribution in [0.2, 0.25) is 0 Å². The van der Waals surface area contributed by atoms with E-state index in [0.29, 0.717) is 17.8 Å². The van der Waals surface area contributed by atoms with Gasteiger partial charge in [-0.2, -0.15) is 0 Å². The maximum absolute atomic E-state index is 12.8. The van der Waals surface area contributed by atoms with Crippen molar-refractivity contribution in [3.8, 4) is 0 Å². The SMILES string of the molecule is CCCN1C(=O)NC(=O)C2C(c3cccc(C)c3)C3=C(COC3=O)NC21. The number of rotatable bonds is 3. The largest absolute Gasteiger partial charge is 0.456 e. The monoisotopic (exact) mass is 355 g/mol. The highest BCUT2D eigenvalue weighted by atomic mass is 16.5. The van der Waals surface area contributed by atoms with Gasteiger partial charge in [-0.3, -0.25) is 10.1 Å². The van der Waals surface area contributed by atoms with Crippen LogP contribution >= 0.6 is 0 Å². The Balaban J connectivity index is 1.86. The lowest BCUT2D eigenvalue weighted by atomic mass is 9.74. The second-order valence-electron chi connectivity index (χ2n) is 6.96. The summed E-state index contributed by atoms with van der Waals surface area (Å²) < 4.78 is 5.23. The maximum atomic E-state index is 12.8. The first kappa shape index (κ1) is 16.6. The number of hydrogen-bond acceptors (Lipinski definition) is 5. The molecule has 0 aliphatic carbocycles. The molecule has 136 valence electrons. The molecule has 0 saturated carbocycles. The van der Waals surface area contributed by atoms with Crippen molar-refractivity contribution >= 4 is 17.9 Å². The predicted molar refractivity (Wildman–Crippen MR) is 92.9 cm³/mol. The number of fused-ring (bicyclic) bond motifs is 1. The Bertz CT molecular complexity index is 832. The topological polar surface area (TPSA) is 87.7 Å². The van der Waals surface area contributed by atoms with E-state index < -0.39 is 30.0 Å². The van der Waals surface area contributed by atoms with E-state index in [1.54, 1.807) is 4.90 Å². The maximum Gasteiger partial charge on any atom is 0.336 e. The zero-order chi connectivity index (χ0) is 18.4. The molecule has 0 radical (unpaired) electrons.